The highest BCUT2D eigenvalue weighted by molar-refractivity contribution is 8.01. The van der Waals surface area contributed by atoms with Crippen LogP contribution < -0.4 is 0 Å². The van der Waals surface area contributed by atoms with Crippen LogP contribution in [0.3, 0.4) is 0 Å². The molecule has 1 rings (SSSR count). The van der Waals surface area contributed by atoms with Crippen molar-refractivity contribution in [1.29, 1.82) is 0 Å². The zero-order valence-corrected chi connectivity index (χ0v) is 9.00. The van der Waals surface area contributed by atoms with E-state index in [1.165, 1.54) is 11.8 Å². The molecule has 1 fully saturated rings. The molecule has 1 aliphatic heterocycles. The molecule has 0 aromatic heterocycles. The molecule has 4 atom stereocenters. The molecule has 0 aromatic rings. The number of esters is 1. The first-order valence-corrected chi connectivity index (χ1v) is 5.49. The molecule has 76 valence electrons. The lowest BCUT2D eigenvalue weighted by Crippen LogP contribution is -2.21. The molecule has 0 aromatic carbocycles. The van der Waals surface area contributed by atoms with Crippen molar-refractivity contribution in [2.75, 3.05) is 0 Å². The van der Waals surface area contributed by atoms with Crippen LogP contribution in [0.2, 0.25) is 0 Å². The van der Waals surface area contributed by atoms with Crippen LogP contribution in [0.25, 0.3) is 0 Å². The van der Waals surface area contributed by atoms with E-state index < -0.39 is 0 Å². The number of ether oxygens (including phenoxy) is 1. The number of carbonyl (C=O) groups excluding carboxylic acids is 1. The van der Waals surface area contributed by atoms with Crippen molar-refractivity contribution in [2.24, 2.45) is 0 Å². The molecule has 1 heterocycles. The SMILES string of the molecule is C[C@@H]1C[C@H](S[C@@H](C)[C@H](C)O)C(=O)O1. The Hall–Kier alpha value is -0.220. The zero-order valence-electron chi connectivity index (χ0n) is 8.19. The summed E-state index contributed by atoms with van der Waals surface area (Å²) in [6.45, 7) is 5.55. The molecule has 1 saturated heterocycles. The van der Waals surface area contributed by atoms with E-state index in [2.05, 4.69) is 0 Å². The third-order valence-corrected chi connectivity index (χ3v) is 3.72. The zero-order chi connectivity index (χ0) is 10.0. The number of rotatable bonds is 3. The van der Waals surface area contributed by atoms with Crippen molar-refractivity contribution in [3.63, 3.8) is 0 Å². The first-order chi connectivity index (χ1) is 6.00. The Bertz CT molecular complexity index is 193. The summed E-state index contributed by atoms with van der Waals surface area (Å²) in [5.74, 6) is -0.134. The van der Waals surface area contributed by atoms with Crippen molar-refractivity contribution in [1.82, 2.24) is 0 Å². The van der Waals surface area contributed by atoms with E-state index in [0.29, 0.717) is 0 Å². The molecule has 0 amide bonds. The second kappa shape index (κ2) is 4.33. The van der Waals surface area contributed by atoms with Gasteiger partial charge >= 0.3 is 5.97 Å². The van der Waals surface area contributed by atoms with E-state index in [-0.39, 0.29) is 28.7 Å². The smallest absolute Gasteiger partial charge is 0.319 e. The number of carbonyl (C=O) groups is 1. The van der Waals surface area contributed by atoms with E-state index in [4.69, 9.17) is 4.74 Å². The largest absolute Gasteiger partial charge is 0.462 e. The predicted molar refractivity (Wildman–Crippen MR) is 52.7 cm³/mol. The number of aliphatic hydroxyl groups excluding tert-OH is 1. The molecule has 0 spiro atoms. The number of hydrogen-bond acceptors (Lipinski definition) is 4. The molecule has 0 unspecified atom stereocenters. The summed E-state index contributed by atoms with van der Waals surface area (Å²) in [5.41, 5.74) is 0. The monoisotopic (exact) mass is 204 g/mol. The summed E-state index contributed by atoms with van der Waals surface area (Å²) in [6.07, 6.45) is 0.417. The summed E-state index contributed by atoms with van der Waals surface area (Å²) < 4.78 is 5.01. The standard InChI is InChI=1S/C9H16O3S/c1-5-4-8(9(11)12-5)13-7(3)6(2)10/h5-8,10H,4H2,1-3H3/t5-,6+,7+,8+/m1/s1. The van der Waals surface area contributed by atoms with Crippen molar-refractivity contribution in [3.05, 3.63) is 0 Å². The fraction of sp³-hybridized carbons (Fsp3) is 0.889. The summed E-state index contributed by atoms with van der Waals surface area (Å²) in [7, 11) is 0. The van der Waals surface area contributed by atoms with Gasteiger partial charge in [-0.25, -0.2) is 0 Å². The van der Waals surface area contributed by atoms with Crippen LogP contribution in [0.4, 0.5) is 0 Å². The number of thioether (sulfide) groups is 1. The van der Waals surface area contributed by atoms with Gasteiger partial charge < -0.3 is 9.84 Å². The first kappa shape index (κ1) is 10.9. The molecular formula is C9H16O3S. The molecule has 0 aliphatic carbocycles. The first-order valence-electron chi connectivity index (χ1n) is 4.54. The fourth-order valence-corrected chi connectivity index (χ4v) is 2.50. The second-order valence-corrected chi connectivity index (χ2v) is 5.14. The van der Waals surface area contributed by atoms with Gasteiger partial charge in [0.05, 0.1) is 6.10 Å². The molecular weight excluding hydrogens is 188 g/mol. The van der Waals surface area contributed by atoms with Gasteiger partial charge in [0.25, 0.3) is 0 Å². The van der Waals surface area contributed by atoms with E-state index in [9.17, 15) is 9.90 Å². The van der Waals surface area contributed by atoms with E-state index in [1.807, 2.05) is 13.8 Å². The normalized spacial score (nSPS) is 32.8. The van der Waals surface area contributed by atoms with E-state index >= 15 is 0 Å². The number of hydrogen-bond donors (Lipinski definition) is 1. The van der Waals surface area contributed by atoms with Gasteiger partial charge in [0.1, 0.15) is 11.4 Å². The van der Waals surface area contributed by atoms with Crippen LogP contribution in [0.15, 0.2) is 0 Å². The maximum atomic E-state index is 11.2. The molecule has 1 N–H and O–H groups in total. The average molecular weight is 204 g/mol. The summed E-state index contributed by atoms with van der Waals surface area (Å²) in [4.78, 5) is 11.2. The van der Waals surface area contributed by atoms with Gasteiger partial charge in [-0.05, 0) is 13.8 Å². The van der Waals surface area contributed by atoms with Gasteiger partial charge in [-0.2, -0.15) is 0 Å². The van der Waals surface area contributed by atoms with Crippen molar-refractivity contribution in [3.8, 4) is 0 Å². The summed E-state index contributed by atoms with van der Waals surface area (Å²) in [5, 5.41) is 9.26. The molecule has 4 heteroatoms. The van der Waals surface area contributed by atoms with E-state index in [0.717, 1.165) is 6.42 Å². The van der Waals surface area contributed by atoms with Gasteiger partial charge in [-0.3, -0.25) is 4.79 Å². The Morgan fingerprint density at radius 2 is 2.23 bits per heavy atom. The van der Waals surface area contributed by atoms with Gasteiger partial charge in [0, 0.05) is 11.7 Å². The van der Waals surface area contributed by atoms with Crippen LogP contribution in [0, 0.1) is 0 Å². The van der Waals surface area contributed by atoms with Crippen LogP contribution in [0.5, 0.6) is 0 Å². The average Bonchev–Trinajstić information content (AvgIpc) is 2.30. The van der Waals surface area contributed by atoms with Crippen molar-refractivity contribution in [2.45, 2.75) is 49.9 Å². The molecule has 13 heavy (non-hydrogen) atoms. The highest BCUT2D eigenvalue weighted by atomic mass is 32.2. The Labute approximate surface area is 82.8 Å². The molecule has 0 saturated carbocycles. The van der Waals surface area contributed by atoms with Crippen LogP contribution in [-0.4, -0.2) is 33.8 Å². The Kier molecular flexibility index (Phi) is 3.62. The maximum Gasteiger partial charge on any atom is 0.319 e. The molecule has 0 bridgehead atoms. The van der Waals surface area contributed by atoms with Crippen LogP contribution >= 0.6 is 11.8 Å². The Morgan fingerprint density at radius 1 is 1.62 bits per heavy atom. The lowest BCUT2D eigenvalue weighted by molar-refractivity contribution is -0.140. The summed E-state index contributed by atoms with van der Waals surface area (Å²) in [6, 6.07) is 0. The predicted octanol–water partition coefficient (Wildman–Crippen LogP) is 1.19. The lowest BCUT2D eigenvalue weighted by atomic mass is 10.2. The maximum absolute atomic E-state index is 11.2. The minimum absolute atomic E-state index is 0.0335. The fourth-order valence-electron chi connectivity index (χ4n) is 1.20. The van der Waals surface area contributed by atoms with Crippen molar-refractivity contribution < 1.29 is 14.6 Å². The van der Waals surface area contributed by atoms with Gasteiger partial charge in [-0.15, -0.1) is 11.8 Å². The summed E-state index contributed by atoms with van der Waals surface area (Å²) >= 11 is 1.50. The minimum Gasteiger partial charge on any atom is -0.462 e. The van der Waals surface area contributed by atoms with Gasteiger partial charge in [0.2, 0.25) is 0 Å². The van der Waals surface area contributed by atoms with Gasteiger partial charge in [0.15, 0.2) is 0 Å². The second-order valence-electron chi connectivity index (χ2n) is 3.55. The quantitative estimate of drug-likeness (QED) is 0.702. The van der Waals surface area contributed by atoms with E-state index in [1.54, 1.807) is 6.92 Å². The minimum atomic E-state index is -0.381. The van der Waals surface area contributed by atoms with Gasteiger partial charge in [-0.1, -0.05) is 6.92 Å². The molecule has 0 radical (unpaired) electrons. The Balaban J connectivity index is 2.41. The molecule has 3 nitrogen and oxygen atoms in total. The highest BCUT2D eigenvalue weighted by Gasteiger charge is 2.34. The highest BCUT2D eigenvalue weighted by Crippen LogP contribution is 2.30. The van der Waals surface area contributed by atoms with Crippen LogP contribution in [0.1, 0.15) is 27.2 Å². The van der Waals surface area contributed by atoms with Crippen molar-refractivity contribution >= 4 is 17.7 Å². The lowest BCUT2D eigenvalue weighted by Gasteiger charge is -2.16. The third kappa shape index (κ3) is 2.88. The number of aliphatic hydroxyl groups is 1. The Morgan fingerprint density at radius 3 is 2.62 bits per heavy atom. The van der Waals surface area contributed by atoms with Crippen LogP contribution in [-0.2, 0) is 9.53 Å². The third-order valence-electron chi connectivity index (χ3n) is 2.18. The topological polar surface area (TPSA) is 46.5 Å². The number of cyclic esters (lactones) is 1. The molecule has 1 aliphatic rings.